The number of carbonyl (C=O) groups excluding carboxylic acids is 1. The smallest absolute Gasteiger partial charge is 0.319 e. The second-order valence-corrected chi connectivity index (χ2v) is 5.02. The predicted octanol–water partition coefficient (Wildman–Crippen LogP) is 3.17. The van der Waals surface area contributed by atoms with E-state index in [0.29, 0.717) is 11.4 Å². The van der Waals surface area contributed by atoms with Gasteiger partial charge in [-0.05, 0) is 24.3 Å². The van der Waals surface area contributed by atoms with Crippen molar-refractivity contribution < 1.29 is 19.0 Å². The van der Waals surface area contributed by atoms with Crippen molar-refractivity contribution in [3.8, 4) is 5.75 Å². The van der Waals surface area contributed by atoms with Crippen LogP contribution >= 0.6 is 11.6 Å². The number of urea groups is 1. The van der Waals surface area contributed by atoms with E-state index < -0.39 is 11.8 Å². The van der Waals surface area contributed by atoms with Gasteiger partial charge in [0.1, 0.15) is 18.2 Å². The second kappa shape index (κ2) is 8.36. The molecule has 0 bridgehead atoms. The molecule has 0 unspecified atom stereocenters. The fourth-order valence-corrected chi connectivity index (χ4v) is 2.05. The number of nitrogens with one attached hydrogen (secondary N) is 2. The summed E-state index contributed by atoms with van der Waals surface area (Å²) in [6.45, 7) is 0.327. The monoisotopic (exact) mass is 338 g/mol. The third-order valence-electron chi connectivity index (χ3n) is 2.94. The van der Waals surface area contributed by atoms with Crippen molar-refractivity contribution in [3.05, 3.63) is 58.9 Å². The summed E-state index contributed by atoms with van der Waals surface area (Å²) in [5, 5.41) is 14.0. The van der Waals surface area contributed by atoms with Crippen LogP contribution in [-0.4, -0.2) is 24.4 Å². The van der Waals surface area contributed by atoms with Crippen LogP contribution in [0.5, 0.6) is 5.75 Å². The van der Waals surface area contributed by atoms with Crippen molar-refractivity contribution in [1.82, 2.24) is 5.32 Å². The molecule has 5 nitrogen and oxygen atoms in total. The van der Waals surface area contributed by atoms with Gasteiger partial charge in [-0.2, -0.15) is 0 Å². The average molecular weight is 339 g/mol. The van der Waals surface area contributed by atoms with Crippen LogP contribution in [0.25, 0.3) is 0 Å². The molecule has 3 N–H and O–H groups in total. The zero-order valence-electron chi connectivity index (χ0n) is 12.2. The number of hydrogen-bond acceptors (Lipinski definition) is 3. The highest BCUT2D eigenvalue weighted by Crippen LogP contribution is 2.20. The molecule has 0 aliphatic carbocycles. The van der Waals surface area contributed by atoms with Crippen LogP contribution in [0.3, 0.4) is 0 Å². The number of carbonyl (C=O) groups is 1. The van der Waals surface area contributed by atoms with Gasteiger partial charge in [0.05, 0.1) is 11.6 Å². The maximum atomic E-state index is 13.1. The molecule has 0 aliphatic rings. The van der Waals surface area contributed by atoms with Crippen molar-refractivity contribution >= 4 is 23.3 Å². The summed E-state index contributed by atoms with van der Waals surface area (Å²) in [4.78, 5) is 11.9. The predicted molar refractivity (Wildman–Crippen MR) is 86.3 cm³/mol. The zero-order valence-corrected chi connectivity index (χ0v) is 12.9. The lowest BCUT2D eigenvalue weighted by atomic mass is 10.2. The first-order valence-corrected chi connectivity index (χ1v) is 7.29. The van der Waals surface area contributed by atoms with Gasteiger partial charge in [0.15, 0.2) is 0 Å². The van der Waals surface area contributed by atoms with Crippen LogP contribution in [0.1, 0.15) is 5.56 Å². The molecule has 0 radical (unpaired) electrons. The number of amides is 2. The standard InChI is InChI=1S/C16H16ClFN2O3/c17-13-9-12(5-6-14(13)18)20-16(22)19-10-11-3-1-2-4-15(11)23-8-7-21/h1-6,9,21H,7-8,10H2,(H2,19,20,22). The number of ether oxygens (including phenoxy) is 1. The van der Waals surface area contributed by atoms with Crippen molar-refractivity contribution in [1.29, 1.82) is 0 Å². The second-order valence-electron chi connectivity index (χ2n) is 4.62. The molecule has 0 fully saturated rings. The Labute approximate surface area is 138 Å². The third kappa shape index (κ3) is 5.12. The van der Waals surface area contributed by atoms with Gasteiger partial charge in [-0.1, -0.05) is 29.8 Å². The summed E-state index contributed by atoms with van der Waals surface area (Å²) >= 11 is 5.66. The van der Waals surface area contributed by atoms with Gasteiger partial charge in [0.2, 0.25) is 0 Å². The number of anilines is 1. The molecule has 2 amide bonds. The van der Waals surface area contributed by atoms with Crippen molar-refractivity contribution in [3.63, 3.8) is 0 Å². The van der Waals surface area contributed by atoms with E-state index in [1.807, 2.05) is 12.1 Å². The molecule has 7 heteroatoms. The number of aliphatic hydroxyl groups excluding tert-OH is 1. The van der Waals surface area contributed by atoms with E-state index in [1.54, 1.807) is 12.1 Å². The molecule has 0 aliphatic heterocycles. The minimum atomic E-state index is -0.549. The number of aliphatic hydroxyl groups is 1. The molecule has 122 valence electrons. The summed E-state index contributed by atoms with van der Waals surface area (Å²) in [5.41, 5.74) is 1.16. The fraction of sp³-hybridized carbons (Fsp3) is 0.188. The molecule has 0 saturated carbocycles. The van der Waals surface area contributed by atoms with Crippen LogP contribution < -0.4 is 15.4 Å². The Morgan fingerprint density at radius 1 is 1.26 bits per heavy atom. The van der Waals surface area contributed by atoms with Gasteiger partial charge in [0.25, 0.3) is 0 Å². The first-order valence-electron chi connectivity index (χ1n) is 6.91. The Balaban J connectivity index is 1.92. The van der Waals surface area contributed by atoms with E-state index in [1.165, 1.54) is 18.2 Å². The lowest BCUT2D eigenvalue weighted by Gasteiger charge is -2.12. The molecule has 2 aromatic carbocycles. The lowest BCUT2D eigenvalue weighted by Crippen LogP contribution is -2.28. The van der Waals surface area contributed by atoms with Crippen LogP contribution in [0.2, 0.25) is 5.02 Å². The van der Waals surface area contributed by atoms with E-state index in [2.05, 4.69) is 10.6 Å². The zero-order chi connectivity index (χ0) is 16.7. The Bertz CT molecular complexity index is 682. The third-order valence-corrected chi connectivity index (χ3v) is 3.23. The number of para-hydroxylation sites is 1. The van der Waals surface area contributed by atoms with Gasteiger partial charge < -0.3 is 20.5 Å². The molecule has 0 spiro atoms. The summed E-state index contributed by atoms with van der Waals surface area (Å²) in [6, 6.07) is 10.7. The SMILES string of the molecule is O=C(NCc1ccccc1OCCO)Nc1ccc(F)c(Cl)c1. The van der Waals surface area contributed by atoms with E-state index >= 15 is 0 Å². The van der Waals surface area contributed by atoms with E-state index in [9.17, 15) is 9.18 Å². The van der Waals surface area contributed by atoms with E-state index in [-0.39, 0.29) is 24.8 Å². The first-order chi connectivity index (χ1) is 11.1. The molecule has 23 heavy (non-hydrogen) atoms. The van der Waals surface area contributed by atoms with Crippen LogP contribution in [-0.2, 0) is 6.54 Å². The van der Waals surface area contributed by atoms with E-state index in [0.717, 1.165) is 5.56 Å². The number of rotatable bonds is 6. The fourth-order valence-electron chi connectivity index (χ4n) is 1.87. The number of hydrogen-bond donors (Lipinski definition) is 3. The molecule has 2 rings (SSSR count). The largest absolute Gasteiger partial charge is 0.491 e. The van der Waals surface area contributed by atoms with Gasteiger partial charge in [-0.15, -0.1) is 0 Å². The normalized spacial score (nSPS) is 10.2. The van der Waals surface area contributed by atoms with Crippen LogP contribution in [0, 0.1) is 5.82 Å². The Hall–Kier alpha value is -2.31. The molecular formula is C16H16ClFN2O3. The topological polar surface area (TPSA) is 70.6 Å². The van der Waals surface area contributed by atoms with Crippen molar-refractivity contribution in [2.45, 2.75) is 6.54 Å². The highest BCUT2D eigenvalue weighted by atomic mass is 35.5. The minimum Gasteiger partial charge on any atom is -0.491 e. The maximum absolute atomic E-state index is 13.1. The van der Waals surface area contributed by atoms with Crippen LogP contribution in [0.4, 0.5) is 14.9 Å². The Morgan fingerprint density at radius 3 is 2.78 bits per heavy atom. The van der Waals surface area contributed by atoms with Gasteiger partial charge >= 0.3 is 6.03 Å². The Kier molecular flexibility index (Phi) is 6.19. The molecule has 2 aromatic rings. The number of halogens is 2. The van der Waals surface area contributed by atoms with E-state index in [4.69, 9.17) is 21.4 Å². The highest BCUT2D eigenvalue weighted by Gasteiger charge is 2.07. The molecule has 0 aromatic heterocycles. The molecule has 0 heterocycles. The van der Waals surface area contributed by atoms with Gasteiger partial charge in [-0.25, -0.2) is 9.18 Å². The number of benzene rings is 2. The first kappa shape index (κ1) is 17.1. The minimum absolute atomic E-state index is 0.0643. The van der Waals surface area contributed by atoms with Gasteiger partial charge in [0, 0.05) is 17.8 Å². The summed E-state index contributed by atoms with van der Waals surface area (Å²) < 4.78 is 18.4. The Morgan fingerprint density at radius 2 is 2.04 bits per heavy atom. The van der Waals surface area contributed by atoms with Crippen LogP contribution in [0.15, 0.2) is 42.5 Å². The van der Waals surface area contributed by atoms with Crippen molar-refractivity contribution in [2.75, 3.05) is 18.5 Å². The molecule has 0 saturated heterocycles. The summed E-state index contributed by atoms with van der Waals surface area (Å²) in [6.07, 6.45) is 0. The maximum Gasteiger partial charge on any atom is 0.319 e. The highest BCUT2D eigenvalue weighted by molar-refractivity contribution is 6.31. The van der Waals surface area contributed by atoms with Crippen molar-refractivity contribution in [2.24, 2.45) is 0 Å². The molecule has 0 atom stereocenters. The molecular weight excluding hydrogens is 323 g/mol. The quantitative estimate of drug-likeness (QED) is 0.757. The summed E-state index contributed by atoms with van der Waals surface area (Å²) in [7, 11) is 0. The average Bonchev–Trinajstić information content (AvgIpc) is 2.55. The summed E-state index contributed by atoms with van der Waals surface area (Å²) in [5.74, 6) is 0.0410. The van der Waals surface area contributed by atoms with Gasteiger partial charge in [-0.3, -0.25) is 0 Å². The lowest BCUT2D eigenvalue weighted by molar-refractivity contribution is 0.200.